The third kappa shape index (κ3) is 4.40. The van der Waals surface area contributed by atoms with E-state index in [2.05, 4.69) is 99.9 Å². The fraction of sp³-hybridized carbons (Fsp3) is 0.0526. The van der Waals surface area contributed by atoms with Crippen LogP contribution < -0.4 is 0 Å². The van der Waals surface area contributed by atoms with E-state index in [0.29, 0.717) is 0 Å². The van der Waals surface area contributed by atoms with Gasteiger partial charge in [-0.05, 0) is 36.4 Å². The minimum Gasteiger partial charge on any atom is -0.367 e. The predicted molar refractivity (Wildman–Crippen MR) is 173 cm³/mol. The van der Waals surface area contributed by atoms with Crippen molar-refractivity contribution < 1.29 is 20.1 Å². The second kappa shape index (κ2) is 10.8. The van der Waals surface area contributed by atoms with Gasteiger partial charge in [0.2, 0.25) is 0 Å². The number of aromatic nitrogens is 4. The van der Waals surface area contributed by atoms with Crippen LogP contribution in [0, 0.1) is 19.1 Å². The van der Waals surface area contributed by atoms with Gasteiger partial charge in [0.05, 0.1) is 33.4 Å². The topological polar surface area (TPSA) is 35.1 Å². The van der Waals surface area contributed by atoms with E-state index < -0.39 is 0 Å². The molecule has 9 aromatic rings. The van der Waals surface area contributed by atoms with Crippen molar-refractivity contribution in [1.82, 2.24) is 18.9 Å². The van der Waals surface area contributed by atoms with Crippen LogP contribution in [-0.2, 0) is 27.2 Å². The van der Waals surface area contributed by atoms with Crippen LogP contribution in [0.5, 0.6) is 0 Å². The molecule has 0 aliphatic carbocycles. The van der Waals surface area contributed by atoms with Crippen molar-refractivity contribution in [3.63, 3.8) is 0 Å². The number of nitrogens with zero attached hydrogens (tertiary/aromatic N) is 4. The third-order valence-corrected chi connectivity index (χ3v) is 8.07. The predicted octanol–water partition coefficient (Wildman–Crippen LogP) is 9.05. The van der Waals surface area contributed by atoms with Crippen LogP contribution in [0.15, 0.2) is 121 Å². The summed E-state index contributed by atoms with van der Waals surface area (Å²) in [7, 11) is 2.09. The quantitative estimate of drug-likeness (QED) is 0.167. The summed E-state index contributed by atoms with van der Waals surface area (Å²) in [5.41, 5.74) is 10.2. The maximum absolute atomic E-state index is 4.96. The van der Waals surface area contributed by atoms with Crippen LogP contribution in [0.3, 0.4) is 0 Å². The molecular weight excluding hydrogens is 705 g/mol. The molecule has 4 aromatic heterocycles. The Morgan fingerprint density at radius 3 is 2.05 bits per heavy atom. The maximum atomic E-state index is 4.96. The van der Waals surface area contributed by atoms with E-state index >= 15 is 0 Å². The number of para-hydroxylation sites is 2. The van der Waals surface area contributed by atoms with E-state index in [1.54, 1.807) is 0 Å². The van der Waals surface area contributed by atoms with Gasteiger partial charge in [-0.15, -0.1) is 71.8 Å². The van der Waals surface area contributed by atoms with Gasteiger partial charge in [-0.1, -0.05) is 48.5 Å². The number of fused-ring (bicyclic) bond motifs is 7. The monoisotopic (exact) mass is 731 g/mol. The Morgan fingerprint density at radius 1 is 0.628 bits per heavy atom. The summed E-state index contributed by atoms with van der Waals surface area (Å²) < 4.78 is 4.59. The second-order valence-corrected chi connectivity index (χ2v) is 10.7. The van der Waals surface area contributed by atoms with E-state index in [4.69, 9.17) is 4.98 Å². The molecule has 0 atom stereocenters. The van der Waals surface area contributed by atoms with Crippen LogP contribution in [0.2, 0.25) is 0 Å². The zero-order valence-corrected chi connectivity index (χ0v) is 26.1. The van der Waals surface area contributed by atoms with E-state index in [9.17, 15) is 0 Å². The van der Waals surface area contributed by atoms with Crippen molar-refractivity contribution in [3.8, 4) is 22.6 Å². The minimum absolute atomic E-state index is 0. The maximum Gasteiger partial charge on any atom is 0.0778 e. The van der Waals surface area contributed by atoms with Crippen LogP contribution in [0.1, 0.15) is 5.56 Å². The molecule has 4 heterocycles. The Bertz CT molecular complexity index is 2350. The third-order valence-electron chi connectivity index (χ3n) is 8.07. The first-order chi connectivity index (χ1) is 20.7. The molecule has 0 saturated carbocycles. The van der Waals surface area contributed by atoms with Gasteiger partial charge in [-0.2, -0.15) is 0 Å². The average Bonchev–Trinajstić information content (AvgIpc) is 3.68. The molecule has 0 amide bonds. The van der Waals surface area contributed by atoms with E-state index in [1.807, 2.05) is 61.7 Å². The minimum atomic E-state index is 0. The number of pyridine rings is 1. The van der Waals surface area contributed by atoms with E-state index in [-0.39, 0.29) is 20.1 Å². The molecular formula is C38H26IrN4-2. The Labute approximate surface area is 262 Å². The van der Waals surface area contributed by atoms with Crippen molar-refractivity contribution in [2.75, 3.05) is 0 Å². The van der Waals surface area contributed by atoms with Gasteiger partial charge in [0.15, 0.2) is 0 Å². The van der Waals surface area contributed by atoms with Crippen molar-refractivity contribution >= 4 is 49.1 Å². The Hall–Kier alpha value is -4.83. The van der Waals surface area contributed by atoms with Crippen molar-refractivity contribution in [2.24, 2.45) is 7.05 Å². The Balaban J connectivity index is 0.000000182. The standard InChI is InChI=1S/C26H16N3.C12H10N.Ir/c1-28-24-15-23-20(14-21(24)27-26(28)16-8-3-2-4-9-16)19-12-7-11-18-17-10-5-6-13-22(17)29(23)25(18)19;1-10-7-8-12(13-9-10)11-5-3-2-4-6-11;/h2-8,10-15H,1H3;2-5,7-9H,1H3;/q2*-1;. The van der Waals surface area contributed by atoms with Gasteiger partial charge in [0.1, 0.15) is 0 Å². The van der Waals surface area contributed by atoms with Gasteiger partial charge >= 0.3 is 0 Å². The van der Waals surface area contributed by atoms with Gasteiger partial charge in [-0.25, -0.2) is 0 Å². The first kappa shape index (κ1) is 27.0. The molecule has 0 fully saturated rings. The molecule has 0 aliphatic heterocycles. The molecule has 5 aromatic carbocycles. The fourth-order valence-electron chi connectivity index (χ4n) is 6.07. The number of rotatable bonds is 2. The van der Waals surface area contributed by atoms with Gasteiger partial charge in [-0.3, -0.25) is 4.98 Å². The second-order valence-electron chi connectivity index (χ2n) is 10.7. The average molecular weight is 731 g/mol. The number of benzene rings is 5. The summed E-state index contributed by atoms with van der Waals surface area (Å²) in [6.45, 7) is 2.03. The molecule has 0 bridgehead atoms. The van der Waals surface area contributed by atoms with Gasteiger partial charge in [0, 0.05) is 54.9 Å². The van der Waals surface area contributed by atoms with Gasteiger partial charge < -0.3 is 14.0 Å². The molecule has 0 N–H and O–H groups in total. The smallest absolute Gasteiger partial charge is 0.0778 e. The van der Waals surface area contributed by atoms with Gasteiger partial charge in [0.25, 0.3) is 0 Å². The summed E-state index contributed by atoms with van der Waals surface area (Å²) in [6, 6.07) is 46.2. The Morgan fingerprint density at radius 2 is 1.33 bits per heavy atom. The van der Waals surface area contributed by atoms with Crippen molar-refractivity contribution in [2.45, 2.75) is 6.92 Å². The number of hydrogen-bond acceptors (Lipinski definition) is 2. The van der Waals surface area contributed by atoms with Crippen LogP contribution in [0.25, 0.3) is 71.8 Å². The van der Waals surface area contributed by atoms with Crippen LogP contribution in [-0.4, -0.2) is 18.9 Å². The molecule has 0 unspecified atom stereocenters. The summed E-state index contributed by atoms with van der Waals surface area (Å²) in [5.74, 6) is 0.945. The molecule has 9 rings (SSSR count). The summed E-state index contributed by atoms with van der Waals surface area (Å²) in [4.78, 5) is 9.27. The fourth-order valence-corrected chi connectivity index (χ4v) is 6.07. The molecule has 1 radical (unpaired) electrons. The van der Waals surface area contributed by atoms with Crippen molar-refractivity contribution in [1.29, 1.82) is 0 Å². The summed E-state index contributed by atoms with van der Waals surface area (Å²) >= 11 is 0. The largest absolute Gasteiger partial charge is 0.367 e. The summed E-state index contributed by atoms with van der Waals surface area (Å²) in [5, 5.41) is 5.16. The number of aryl methyl sites for hydroxylation is 2. The molecule has 0 spiro atoms. The molecule has 0 aliphatic rings. The normalized spacial score (nSPS) is 11.3. The number of imidazole rings is 1. The molecule has 4 nitrogen and oxygen atoms in total. The Kier molecular flexibility index (Phi) is 6.77. The SMILES string of the molecule is Cc1ccc(-c2[c-]cccc2)nc1.Cn1c(-c2[c-]cccc2)nc2cc3c4cccc5c6ccccc6n(c3cc21)c54.[Ir]. The van der Waals surface area contributed by atoms with E-state index in [0.717, 1.165) is 33.7 Å². The number of hydrogen-bond donors (Lipinski definition) is 0. The summed E-state index contributed by atoms with van der Waals surface area (Å²) in [6.07, 6.45) is 1.87. The zero-order valence-electron chi connectivity index (χ0n) is 23.7. The van der Waals surface area contributed by atoms with Crippen LogP contribution >= 0.6 is 0 Å². The molecule has 209 valence electrons. The zero-order chi connectivity index (χ0) is 28.2. The van der Waals surface area contributed by atoms with E-state index in [1.165, 1.54) is 43.7 Å². The van der Waals surface area contributed by atoms with Crippen molar-refractivity contribution in [3.05, 3.63) is 139 Å². The van der Waals surface area contributed by atoms with Crippen LogP contribution in [0.4, 0.5) is 0 Å². The molecule has 0 saturated heterocycles. The first-order valence-corrected chi connectivity index (χ1v) is 14.1. The molecule has 43 heavy (non-hydrogen) atoms. The molecule has 5 heteroatoms. The first-order valence-electron chi connectivity index (χ1n) is 14.1.